The second-order valence-electron chi connectivity index (χ2n) is 4.38. The van der Waals surface area contributed by atoms with Crippen molar-refractivity contribution in [1.29, 1.82) is 0 Å². The maximum absolute atomic E-state index is 2.36. The van der Waals surface area contributed by atoms with E-state index in [-0.39, 0.29) is 0 Å². The summed E-state index contributed by atoms with van der Waals surface area (Å²) in [4.78, 5) is 2.36. The van der Waals surface area contributed by atoms with Crippen molar-refractivity contribution < 1.29 is 0 Å². The van der Waals surface area contributed by atoms with Crippen molar-refractivity contribution in [1.82, 2.24) is 4.90 Å². The Kier molecular flexibility index (Phi) is 4.95. The molecule has 0 spiro atoms. The SMILES string of the molecule is CCCCC/C=C\C1=C(C)CN(C)C1. The maximum Gasteiger partial charge on any atom is 0.0233 e. The molecule has 0 amide bonds. The minimum Gasteiger partial charge on any atom is -0.298 e. The number of likely N-dealkylation sites (N-methyl/N-ethyl adjacent to an activating group) is 1. The zero-order valence-corrected chi connectivity index (χ0v) is 9.84. The van der Waals surface area contributed by atoms with E-state index in [1.54, 1.807) is 5.57 Å². The molecule has 1 aliphatic heterocycles. The Morgan fingerprint density at radius 3 is 2.64 bits per heavy atom. The van der Waals surface area contributed by atoms with Crippen LogP contribution in [0.4, 0.5) is 0 Å². The molecule has 0 saturated carbocycles. The third-order valence-electron chi connectivity index (χ3n) is 2.79. The van der Waals surface area contributed by atoms with E-state index in [4.69, 9.17) is 0 Å². The molecule has 0 unspecified atom stereocenters. The van der Waals surface area contributed by atoms with Crippen molar-refractivity contribution in [2.75, 3.05) is 20.1 Å². The van der Waals surface area contributed by atoms with Gasteiger partial charge >= 0.3 is 0 Å². The molecule has 0 fully saturated rings. The highest BCUT2D eigenvalue weighted by atomic mass is 15.1. The predicted molar refractivity (Wildman–Crippen MR) is 63.5 cm³/mol. The summed E-state index contributed by atoms with van der Waals surface area (Å²) in [6, 6.07) is 0. The molecule has 0 radical (unpaired) electrons. The smallest absolute Gasteiger partial charge is 0.0233 e. The Labute approximate surface area is 88.5 Å². The summed E-state index contributed by atoms with van der Waals surface area (Å²) in [5.41, 5.74) is 3.07. The van der Waals surface area contributed by atoms with Crippen molar-refractivity contribution in [3.8, 4) is 0 Å². The fourth-order valence-corrected chi connectivity index (χ4v) is 1.92. The van der Waals surface area contributed by atoms with Crippen LogP contribution in [-0.2, 0) is 0 Å². The standard InChI is InChI=1S/C13H23N/c1-4-5-6-7-8-9-13-11-14(3)10-12(13)2/h8-9H,4-7,10-11H2,1-3H3/b9-8-. The summed E-state index contributed by atoms with van der Waals surface area (Å²) in [5.74, 6) is 0. The molecule has 1 rings (SSSR count). The molecule has 1 nitrogen and oxygen atoms in total. The number of hydrogen-bond acceptors (Lipinski definition) is 1. The molecule has 0 aromatic heterocycles. The number of hydrogen-bond donors (Lipinski definition) is 0. The minimum absolute atomic E-state index is 1.14. The lowest BCUT2D eigenvalue weighted by molar-refractivity contribution is 0.426. The van der Waals surface area contributed by atoms with Crippen LogP contribution >= 0.6 is 0 Å². The molecule has 0 atom stereocenters. The Morgan fingerprint density at radius 2 is 2.07 bits per heavy atom. The fourth-order valence-electron chi connectivity index (χ4n) is 1.92. The minimum atomic E-state index is 1.14. The van der Waals surface area contributed by atoms with E-state index < -0.39 is 0 Å². The van der Waals surface area contributed by atoms with Gasteiger partial charge in [0, 0.05) is 13.1 Å². The highest BCUT2D eigenvalue weighted by molar-refractivity contribution is 5.30. The lowest BCUT2D eigenvalue weighted by atomic mass is 10.1. The molecule has 0 saturated heterocycles. The van der Waals surface area contributed by atoms with Gasteiger partial charge in [-0.2, -0.15) is 0 Å². The average Bonchev–Trinajstić information content (AvgIpc) is 2.45. The van der Waals surface area contributed by atoms with Crippen molar-refractivity contribution in [3.63, 3.8) is 0 Å². The van der Waals surface area contributed by atoms with Gasteiger partial charge in [0.25, 0.3) is 0 Å². The third-order valence-corrected chi connectivity index (χ3v) is 2.79. The number of allylic oxidation sites excluding steroid dienone is 1. The van der Waals surface area contributed by atoms with E-state index in [9.17, 15) is 0 Å². The fraction of sp³-hybridized carbons (Fsp3) is 0.692. The molecule has 1 heterocycles. The second kappa shape index (κ2) is 6.02. The number of rotatable bonds is 5. The lowest BCUT2D eigenvalue weighted by Crippen LogP contribution is -2.14. The van der Waals surface area contributed by atoms with Crippen LogP contribution in [0.3, 0.4) is 0 Å². The molecule has 0 aliphatic carbocycles. The van der Waals surface area contributed by atoms with Crippen LogP contribution in [0.2, 0.25) is 0 Å². The number of nitrogens with zero attached hydrogens (tertiary/aromatic N) is 1. The van der Waals surface area contributed by atoms with Gasteiger partial charge in [0.2, 0.25) is 0 Å². The van der Waals surface area contributed by atoms with Gasteiger partial charge in [-0.3, -0.25) is 4.90 Å². The zero-order valence-electron chi connectivity index (χ0n) is 9.84. The highest BCUT2D eigenvalue weighted by Gasteiger charge is 2.12. The Balaban J connectivity index is 2.26. The molecule has 1 heteroatoms. The molecule has 0 aromatic rings. The predicted octanol–water partition coefficient (Wildman–Crippen LogP) is 3.38. The van der Waals surface area contributed by atoms with Gasteiger partial charge in [-0.15, -0.1) is 0 Å². The first-order valence-corrected chi connectivity index (χ1v) is 5.77. The Hall–Kier alpha value is -0.560. The van der Waals surface area contributed by atoms with Crippen LogP contribution in [0, 0.1) is 0 Å². The van der Waals surface area contributed by atoms with Crippen molar-refractivity contribution in [2.45, 2.75) is 39.5 Å². The maximum atomic E-state index is 2.36. The van der Waals surface area contributed by atoms with E-state index in [2.05, 4.69) is 37.9 Å². The molecule has 80 valence electrons. The van der Waals surface area contributed by atoms with Gasteiger partial charge in [0.05, 0.1) is 0 Å². The van der Waals surface area contributed by atoms with Gasteiger partial charge in [0.1, 0.15) is 0 Å². The third kappa shape index (κ3) is 3.67. The van der Waals surface area contributed by atoms with Crippen molar-refractivity contribution in [2.24, 2.45) is 0 Å². The Bertz CT molecular complexity index is 225. The zero-order chi connectivity index (χ0) is 10.4. The van der Waals surface area contributed by atoms with E-state index in [1.165, 1.54) is 31.3 Å². The van der Waals surface area contributed by atoms with Gasteiger partial charge < -0.3 is 0 Å². The second-order valence-corrected chi connectivity index (χ2v) is 4.38. The van der Waals surface area contributed by atoms with Gasteiger partial charge in [-0.05, 0) is 32.4 Å². The van der Waals surface area contributed by atoms with Crippen LogP contribution in [0.1, 0.15) is 39.5 Å². The highest BCUT2D eigenvalue weighted by Crippen LogP contribution is 2.16. The van der Waals surface area contributed by atoms with E-state index in [1.807, 2.05) is 0 Å². The van der Waals surface area contributed by atoms with Crippen molar-refractivity contribution in [3.05, 3.63) is 23.3 Å². The molecule has 1 aliphatic rings. The van der Waals surface area contributed by atoms with E-state index in [0.717, 1.165) is 13.1 Å². The normalized spacial score (nSPS) is 18.8. The molecular weight excluding hydrogens is 170 g/mol. The summed E-state index contributed by atoms with van der Waals surface area (Å²) in [5, 5.41) is 0. The first kappa shape index (κ1) is 11.5. The average molecular weight is 193 g/mol. The molecule has 0 bridgehead atoms. The summed E-state index contributed by atoms with van der Waals surface area (Å²) in [7, 11) is 2.18. The van der Waals surface area contributed by atoms with Gasteiger partial charge in [-0.1, -0.05) is 37.5 Å². The van der Waals surface area contributed by atoms with Crippen molar-refractivity contribution >= 4 is 0 Å². The van der Waals surface area contributed by atoms with E-state index in [0.29, 0.717) is 0 Å². The Morgan fingerprint density at radius 1 is 1.29 bits per heavy atom. The largest absolute Gasteiger partial charge is 0.298 e. The monoisotopic (exact) mass is 193 g/mol. The van der Waals surface area contributed by atoms with Gasteiger partial charge in [-0.25, -0.2) is 0 Å². The molecular formula is C13H23N. The summed E-state index contributed by atoms with van der Waals surface area (Å²) < 4.78 is 0. The lowest BCUT2D eigenvalue weighted by Gasteiger charge is -2.04. The first-order valence-electron chi connectivity index (χ1n) is 5.77. The first-order chi connectivity index (χ1) is 6.74. The summed E-state index contributed by atoms with van der Waals surface area (Å²) >= 11 is 0. The number of unbranched alkanes of at least 4 members (excludes halogenated alkanes) is 3. The molecule has 0 N–H and O–H groups in total. The summed E-state index contributed by atoms with van der Waals surface area (Å²) in [6.45, 7) is 6.78. The van der Waals surface area contributed by atoms with Crippen LogP contribution < -0.4 is 0 Å². The van der Waals surface area contributed by atoms with Crippen LogP contribution in [0.15, 0.2) is 23.3 Å². The quantitative estimate of drug-likeness (QED) is 0.605. The van der Waals surface area contributed by atoms with Crippen LogP contribution in [0.5, 0.6) is 0 Å². The van der Waals surface area contributed by atoms with Crippen LogP contribution in [-0.4, -0.2) is 25.0 Å². The molecule has 14 heavy (non-hydrogen) atoms. The summed E-state index contributed by atoms with van der Waals surface area (Å²) in [6.07, 6.45) is 9.94. The van der Waals surface area contributed by atoms with Gasteiger partial charge in [0.15, 0.2) is 0 Å². The van der Waals surface area contributed by atoms with Crippen LogP contribution in [0.25, 0.3) is 0 Å². The topological polar surface area (TPSA) is 3.24 Å². The van der Waals surface area contributed by atoms with E-state index >= 15 is 0 Å². The molecule has 0 aromatic carbocycles.